The summed E-state index contributed by atoms with van der Waals surface area (Å²) < 4.78 is 38.2. The number of alkyl halides is 2. The molecule has 0 spiro atoms. The van der Waals surface area contributed by atoms with Gasteiger partial charge in [-0.05, 0) is 49.1 Å². The first-order valence-corrected chi connectivity index (χ1v) is 9.37. The van der Waals surface area contributed by atoms with E-state index in [1.54, 1.807) is 30.5 Å². The van der Waals surface area contributed by atoms with Crippen molar-refractivity contribution in [2.24, 2.45) is 5.10 Å². The molecule has 10 heteroatoms. The van der Waals surface area contributed by atoms with Crippen LogP contribution < -0.4 is 4.74 Å². The molecular weight excluding hydrogens is 398 g/mol. The Bertz CT molecular complexity index is 958. The van der Waals surface area contributed by atoms with Gasteiger partial charge in [-0.3, -0.25) is 0 Å². The summed E-state index contributed by atoms with van der Waals surface area (Å²) in [4.78, 5) is 0. The minimum absolute atomic E-state index is 0.208. The zero-order chi connectivity index (χ0) is 19.4. The van der Waals surface area contributed by atoms with E-state index in [1.807, 2.05) is 13.0 Å². The van der Waals surface area contributed by atoms with Crippen LogP contribution in [-0.2, 0) is 6.61 Å². The van der Waals surface area contributed by atoms with Gasteiger partial charge in [0.05, 0.1) is 6.21 Å². The highest BCUT2D eigenvalue weighted by Gasteiger charge is 2.19. The Morgan fingerprint density at radius 1 is 1.33 bits per heavy atom. The number of halogens is 3. The fourth-order valence-electron chi connectivity index (χ4n) is 2.17. The third kappa shape index (κ3) is 4.67. The maximum Gasteiger partial charge on any atom is 0.299 e. The standard InChI is InChI=1S/C17H15ClF2N4O2S/c1-10-7-11(5-6-14(10)18)25-9-13-4-3-12(26-13)8-21-24-16(15(19)20)22-23-17(24)27-2/h3-8,15H,9H2,1-2H3/b21-8+. The zero-order valence-electron chi connectivity index (χ0n) is 14.4. The molecule has 0 radical (unpaired) electrons. The molecule has 0 saturated carbocycles. The van der Waals surface area contributed by atoms with Crippen LogP contribution in [-0.4, -0.2) is 27.3 Å². The minimum Gasteiger partial charge on any atom is -0.486 e. The van der Waals surface area contributed by atoms with E-state index in [4.69, 9.17) is 20.8 Å². The molecule has 0 N–H and O–H groups in total. The van der Waals surface area contributed by atoms with Crippen LogP contribution in [0, 0.1) is 6.92 Å². The number of aromatic nitrogens is 3. The Morgan fingerprint density at radius 2 is 2.15 bits per heavy atom. The van der Waals surface area contributed by atoms with E-state index in [-0.39, 0.29) is 11.8 Å². The van der Waals surface area contributed by atoms with Gasteiger partial charge in [0.2, 0.25) is 11.0 Å². The van der Waals surface area contributed by atoms with Crippen LogP contribution in [0.2, 0.25) is 5.02 Å². The molecule has 6 nitrogen and oxygen atoms in total. The third-order valence-corrected chi connectivity index (χ3v) is 4.55. The summed E-state index contributed by atoms with van der Waals surface area (Å²) in [6, 6.07) is 8.74. The van der Waals surface area contributed by atoms with Crippen LogP contribution in [0.1, 0.15) is 29.3 Å². The van der Waals surface area contributed by atoms with Gasteiger partial charge in [-0.25, -0.2) is 8.78 Å². The molecule has 0 fully saturated rings. The number of hydrogen-bond acceptors (Lipinski definition) is 6. The van der Waals surface area contributed by atoms with E-state index in [2.05, 4.69) is 15.3 Å². The second-order valence-electron chi connectivity index (χ2n) is 5.41. The molecule has 2 aromatic heterocycles. The summed E-state index contributed by atoms with van der Waals surface area (Å²) in [5.74, 6) is 1.09. The van der Waals surface area contributed by atoms with Gasteiger partial charge in [-0.2, -0.15) is 9.78 Å². The number of rotatable bonds is 7. The first kappa shape index (κ1) is 19.4. The SMILES string of the molecule is CSc1nnc(C(F)F)n1/N=C/c1ccc(COc2ccc(Cl)c(C)c2)o1. The molecule has 142 valence electrons. The van der Waals surface area contributed by atoms with Crippen molar-refractivity contribution in [3.8, 4) is 5.75 Å². The number of thioether (sulfide) groups is 1. The highest BCUT2D eigenvalue weighted by atomic mass is 35.5. The van der Waals surface area contributed by atoms with E-state index < -0.39 is 12.2 Å². The number of ether oxygens (including phenoxy) is 1. The highest BCUT2D eigenvalue weighted by Crippen LogP contribution is 2.23. The van der Waals surface area contributed by atoms with Gasteiger partial charge in [0.25, 0.3) is 6.43 Å². The predicted molar refractivity (Wildman–Crippen MR) is 99.0 cm³/mol. The molecule has 0 amide bonds. The summed E-state index contributed by atoms with van der Waals surface area (Å²) in [5.41, 5.74) is 0.912. The average molecular weight is 413 g/mol. The number of nitrogens with zero attached hydrogens (tertiary/aromatic N) is 4. The summed E-state index contributed by atoms with van der Waals surface area (Å²) in [6.45, 7) is 2.10. The lowest BCUT2D eigenvalue weighted by Gasteiger charge is -2.06. The Kier molecular flexibility index (Phi) is 6.12. The number of hydrogen-bond donors (Lipinski definition) is 0. The monoisotopic (exact) mass is 412 g/mol. The van der Waals surface area contributed by atoms with Crippen LogP contribution >= 0.6 is 23.4 Å². The summed E-state index contributed by atoms with van der Waals surface area (Å²) in [6.07, 6.45) is 0.246. The van der Waals surface area contributed by atoms with Crippen molar-refractivity contribution in [2.75, 3.05) is 6.26 Å². The molecule has 1 aromatic carbocycles. The van der Waals surface area contributed by atoms with Crippen LogP contribution in [0.3, 0.4) is 0 Å². The summed E-state index contributed by atoms with van der Waals surface area (Å²) in [5, 5.41) is 12.0. The molecule has 0 aliphatic heterocycles. The average Bonchev–Trinajstić information content (AvgIpc) is 3.27. The van der Waals surface area contributed by atoms with Crippen molar-refractivity contribution < 1.29 is 17.9 Å². The van der Waals surface area contributed by atoms with E-state index in [9.17, 15) is 8.78 Å². The topological polar surface area (TPSA) is 65.4 Å². The van der Waals surface area contributed by atoms with Crippen molar-refractivity contribution in [2.45, 2.75) is 25.1 Å². The smallest absolute Gasteiger partial charge is 0.299 e. The third-order valence-electron chi connectivity index (χ3n) is 3.51. The van der Waals surface area contributed by atoms with Crippen LogP contribution in [0.15, 0.2) is 45.0 Å². The van der Waals surface area contributed by atoms with Gasteiger partial charge in [-0.1, -0.05) is 23.4 Å². The highest BCUT2D eigenvalue weighted by molar-refractivity contribution is 7.98. The van der Waals surface area contributed by atoms with Gasteiger partial charge in [-0.15, -0.1) is 10.2 Å². The van der Waals surface area contributed by atoms with E-state index >= 15 is 0 Å². The molecule has 27 heavy (non-hydrogen) atoms. The molecule has 0 saturated heterocycles. The van der Waals surface area contributed by atoms with E-state index in [0.29, 0.717) is 22.3 Å². The Labute approximate surface area is 163 Å². The molecule has 3 rings (SSSR count). The van der Waals surface area contributed by atoms with Gasteiger partial charge in [0.15, 0.2) is 0 Å². The Morgan fingerprint density at radius 3 is 2.85 bits per heavy atom. The molecule has 0 atom stereocenters. The molecule has 0 aliphatic rings. The Balaban J connectivity index is 1.68. The maximum absolute atomic E-state index is 13.0. The number of furan rings is 1. The number of benzene rings is 1. The molecule has 2 heterocycles. The molecular formula is C17H15ClF2N4O2S. The van der Waals surface area contributed by atoms with E-state index in [1.165, 1.54) is 6.21 Å². The minimum atomic E-state index is -2.78. The lowest BCUT2D eigenvalue weighted by atomic mass is 10.2. The van der Waals surface area contributed by atoms with Crippen LogP contribution in [0.4, 0.5) is 8.78 Å². The maximum atomic E-state index is 13.0. The van der Waals surface area contributed by atoms with Crippen molar-refractivity contribution in [1.82, 2.24) is 14.9 Å². The fraction of sp³-hybridized carbons (Fsp3) is 0.235. The van der Waals surface area contributed by atoms with Crippen LogP contribution in [0.25, 0.3) is 0 Å². The Hall–Kier alpha value is -2.39. The van der Waals surface area contributed by atoms with Gasteiger partial charge in [0, 0.05) is 5.02 Å². The molecule has 0 unspecified atom stereocenters. The zero-order valence-corrected chi connectivity index (χ0v) is 16.0. The normalized spacial score (nSPS) is 11.6. The van der Waals surface area contributed by atoms with E-state index in [0.717, 1.165) is 22.0 Å². The molecule has 0 aliphatic carbocycles. The molecule has 0 bridgehead atoms. The first-order valence-electron chi connectivity index (χ1n) is 7.77. The lowest BCUT2D eigenvalue weighted by molar-refractivity contribution is 0.135. The summed E-state index contributed by atoms with van der Waals surface area (Å²) >= 11 is 7.15. The van der Waals surface area contributed by atoms with Gasteiger partial charge < -0.3 is 9.15 Å². The fourth-order valence-corrected chi connectivity index (χ4v) is 2.72. The quantitative estimate of drug-likeness (QED) is 0.405. The largest absolute Gasteiger partial charge is 0.486 e. The van der Waals surface area contributed by atoms with Gasteiger partial charge in [0.1, 0.15) is 23.9 Å². The van der Waals surface area contributed by atoms with Gasteiger partial charge >= 0.3 is 0 Å². The number of aryl methyl sites for hydroxylation is 1. The van der Waals surface area contributed by atoms with Crippen molar-refractivity contribution in [3.63, 3.8) is 0 Å². The first-order chi connectivity index (χ1) is 13.0. The molecule has 3 aromatic rings. The second kappa shape index (κ2) is 8.53. The lowest BCUT2D eigenvalue weighted by Crippen LogP contribution is -2.00. The van der Waals surface area contributed by atoms with Crippen molar-refractivity contribution >= 4 is 29.6 Å². The summed E-state index contributed by atoms with van der Waals surface area (Å²) in [7, 11) is 0. The van der Waals surface area contributed by atoms with Crippen molar-refractivity contribution in [1.29, 1.82) is 0 Å². The van der Waals surface area contributed by atoms with Crippen LogP contribution in [0.5, 0.6) is 5.75 Å². The second-order valence-corrected chi connectivity index (χ2v) is 6.59. The predicted octanol–water partition coefficient (Wildman–Crippen LogP) is 4.95. The van der Waals surface area contributed by atoms with Crippen molar-refractivity contribution in [3.05, 3.63) is 58.3 Å².